The summed E-state index contributed by atoms with van der Waals surface area (Å²) in [5, 5.41) is 36.8. The standard InChI is InChI=1S/C10H12FN5O4.C4H9NO2S/c11-10-14-7(12)4-8(15-10)16(2-13-4)9-6(19)5(18)3(1-17)20-9;5-3(1-2-8)4(6)7/h2-3,5-6,9,17-19H,1H2,(H2,12,14,15);3,8H,1-2,5H2,(H,6,7)/t3-,5-,6-,9-;3-/m10/s1. The topological polar surface area (TPSA) is 203 Å². The van der Waals surface area contributed by atoms with E-state index in [9.17, 15) is 19.4 Å². The molecular weight excluding hydrogens is 399 g/mol. The summed E-state index contributed by atoms with van der Waals surface area (Å²) in [6.45, 7) is -0.465. The van der Waals surface area contributed by atoms with Gasteiger partial charge in [0.25, 0.3) is 0 Å². The first-order chi connectivity index (χ1) is 13.2. The number of anilines is 1. The van der Waals surface area contributed by atoms with Crippen LogP contribution in [0.4, 0.5) is 10.2 Å². The van der Waals surface area contributed by atoms with Gasteiger partial charge in [-0.05, 0) is 12.2 Å². The molecule has 0 saturated carbocycles. The Bertz CT molecular complexity index is 825. The molecule has 3 rings (SSSR count). The number of rotatable bonds is 5. The number of carboxylic acids is 1. The second-order valence-corrected chi connectivity index (χ2v) is 6.34. The Balaban J connectivity index is 0.000000300. The van der Waals surface area contributed by atoms with Crippen molar-refractivity contribution in [3.05, 3.63) is 12.4 Å². The second-order valence-electron chi connectivity index (χ2n) is 5.89. The number of carbonyl (C=O) groups is 1. The van der Waals surface area contributed by atoms with Gasteiger partial charge in [-0.3, -0.25) is 9.36 Å². The summed E-state index contributed by atoms with van der Waals surface area (Å²) in [5.74, 6) is -0.579. The smallest absolute Gasteiger partial charge is 0.320 e. The van der Waals surface area contributed by atoms with E-state index in [1.54, 1.807) is 0 Å². The van der Waals surface area contributed by atoms with E-state index in [1.165, 1.54) is 10.9 Å². The number of nitrogen functional groups attached to an aromatic ring is 1. The lowest BCUT2D eigenvalue weighted by Crippen LogP contribution is -2.33. The summed E-state index contributed by atoms with van der Waals surface area (Å²) < 4.78 is 19.8. The highest BCUT2D eigenvalue weighted by Crippen LogP contribution is 2.31. The molecule has 8 N–H and O–H groups in total. The van der Waals surface area contributed by atoms with E-state index in [4.69, 9.17) is 26.4 Å². The zero-order valence-corrected chi connectivity index (χ0v) is 15.4. The zero-order chi connectivity index (χ0) is 21.0. The van der Waals surface area contributed by atoms with Crippen LogP contribution in [0.25, 0.3) is 11.2 Å². The lowest BCUT2D eigenvalue weighted by molar-refractivity contribution is -0.138. The summed E-state index contributed by atoms with van der Waals surface area (Å²) in [6.07, 6.45) is -3.95. The van der Waals surface area contributed by atoms with Gasteiger partial charge in [0.2, 0.25) is 0 Å². The molecule has 0 radical (unpaired) electrons. The first-order valence-electron chi connectivity index (χ1n) is 8.08. The summed E-state index contributed by atoms with van der Waals surface area (Å²) >= 11 is 3.81. The van der Waals surface area contributed by atoms with Crippen molar-refractivity contribution in [2.75, 3.05) is 18.1 Å². The fraction of sp³-hybridized carbons (Fsp3) is 0.571. The summed E-state index contributed by atoms with van der Waals surface area (Å²) in [7, 11) is 0. The molecule has 1 aliphatic rings. The Morgan fingerprint density at radius 2 is 2.07 bits per heavy atom. The minimum Gasteiger partial charge on any atom is -0.480 e. The molecule has 12 nitrogen and oxygen atoms in total. The molecule has 1 fully saturated rings. The number of nitrogens with zero attached hydrogens (tertiary/aromatic N) is 4. The summed E-state index contributed by atoms with van der Waals surface area (Å²) in [6, 6.07) is -0.743. The highest BCUT2D eigenvalue weighted by molar-refractivity contribution is 7.80. The number of imidazole rings is 1. The molecule has 1 aliphatic heterocycles. The third-order valence-electron chi connectivity index (χ3n) is 3.97. The fourth-order valence-corrected chi connectivity index (χ4v) is 2.75. The van der Waals surface area contributed by atoms with Crippen LogP contribution in [-0.4, -0.2) is 82.6 Å². The van der Waals surface area contributed by atoms with Gasteiger partial charge in [0.1, 0.15) is 24.4 Å². The fourth-order valence-electron chi connectivity index (χ4n) is 2.47. The number of hydrogen-bond donors (Lipinski definition) is 7. The zero-order valence-electron chi connectivity index (χ0n) is 14.5. The van der Waals surface area contributed by atoms with Gasteiger partial charge < -0.3 is 36.6 Å². The molecule has 5 atom stereocenters. The van der Waals surface area contributed by atoms with Crippen LogP contribution in [0.3, 0.4) is 0 Å². The quantitative estimate of drug-likeness (QED) is 0.206. The van der Waals surface area contributed by atoms with E-state index in [2.05, 4.69) is 27.6 Å². The van der Waals surface area contributed by atoms with E-state index in [0.29, 0.717) is 12.2 Å². The van der Waals surface area contributed by atoms with Gasteiger partial charge in [-0.25, -0.2) is 4.98 Å². The van der Waals surface area contributed by atoms with E-state index >= 15 is 0 Å². The van der Waals surface area contributed by atoms with Crippen molar-refractivity contribution in [2.24, 2.45) is 5.73 Å². The molecule has 0 aromatic carbocycles. The van der Waals surface area contributed by atoms with Crippen molar-refractivity contribution in [3.8, 4) is 0 Å². The second kappa shape index (κ2) is 9.40. The van der Waals surface area contributed by atoms with E-state index in [-0.39, 0.29) is 17.0 Å². The number of halogens is 1. The number of carboxylic acid groups (broad SMARTS) is 1. The van der Waals surface area contributed by atoms with Crippen molar-refractivity contribution in [2.45, 2.75) is 37.0 Å². The monoisotopic (exact) mass is 420 g/mol. The van der Waals surface area contributed by atoms with Crippen molar-refractivity contribution >= 4 is 35.6 Å². The Hall–Kier alpha value is -2.10. The number of thiol groups is 1. The molecule has 2 aromatic rings. The molecule has 0 unspecified atom stereocenters. The van der Waals surface area contributed by atoms with Crippen molar-refractivity contribution in [1.29, 1.82) is 0 Å². The molecule has 3 heterocycles. The van der Waals surface area contributed by atoms with Gasteiger partial charge in [-0.2, -0.15) is 27.0 Å². The molecule has 0 spiro atoms. The van der Waals surface area contributed by atoms with Crippen molar-refractivity contribution < 1.29 is 34.3 Å². The lowest BCUT2D eigenvalue weighted by atomic mass is 10.1. The van der Waals surface area contributed by atoms with Gasteiger partial charge in [0.15, 0.2) is 23.2 Å². The van der Waals surface area contributed by atoms with E-state index in [1.807, 2.05) is 0 Å². The largest absolute Gasteiger partial charge is 0.480 e. The molecule has 1 saturated heterocycles. The van der Waals surface area contributed by atoms with Gasteiger partial charge in [-0.15, -0.1) is 0 Å². The average Bonchev–Trinajstić information content (AvgIpc) is 3.17. The number of aliphatic carboxylic acids is 1. The number of hydrogen-bond acceptors (Lipinski definition) is 11. The van der Waals surface area contributed by atoms with Crippen LogP contribution in [-0.2, 0) is 9.53 Å². The third-order valence-corrected chi connectivity index (χ3v) is 4.23. The Morgan fingerprint density at radius 3 is 2.57 bits per heavy atom. The number of aliphatic hydroxyl groups excluding tert-OH is 3. The summed E-state index contributed by atoms with van der Waals surface area (Å²) in [5.41, 5.74) is 10.8. The number of aromatic nitrogens is 4. The van der Waals surface area contributed by atoms with Crippen LogP contribution >= 0.6 is 12.6 Å². The first kappa shape index (κ1) is 22.2. The van der Waals surface area contributed by atoms with Gasteiger partial charge >= 0.3 is 12.0 Å². The van der Waals surface area contributed by atoms with Crippen LogP contribution in [0.5, 0.6) is 0 Å². The maximum absolute atomic E-state index is 13.2. The maximum Gasteiger partial charge on any atom is 0.320 e. The number of nitrogens with two attached hydrogens (primary N) is 2. The molecular formula is C14H21FN6O6S. The Morgan fingerprint density at radius 1 is 1.39 bits per heavy atom. The van der Waals surface area contributed by atoms with Crippen LogP contribution < -0.4 is 11.5 Å². The first-order valence-corrected chi connectivity index (χ1v) is 8.71. The minimum atomic E-state index is -1.32. The third kappa shape index (κ3) is 4.65. The predicted molar refractivity (Wildman–Crippen MR) is 96.8 cm³/mol. The predicted octanol–water partition coefficient (Wildman–Crippen LogP) is -2.12. The highest BCUT2D eigenvalue weighted by Gasteiger charge is 2.44. The molecule has 28 heavy (non-hydrogen) atoms. The van der Waals surface area contributed by atoms with Crippen LogP contribution in [0.15, 0.2) is 6.33 Å². The number of fused-ring (bicyclic) bond motifs is 1. The normalized spacial score (nSPS) is 25.4. The van der Waals surface area contributed by atoms with Crippen molar-refractivity contribution in [3.63, 3.8) is 0 Å². The Labute approximate surface area is 163 Å². The number of aliphatic hydroxyl groups is 3. The molecule has 14 heteroatoms. The van der Waals surface area contributed by atoms with Crippen molar-refractivity contribution in [1.82, 2.24) is 19.5 Å². The Kier molecular flexibility index (Phi) is 7.45. The molecule has 156 valence electrons. The van der Waals surface area contributed by atoms with Gasteiger partial charge in [0.05, 0.1) is 12.9 Å². The van der Waals surface area contributed by atoms with Gasteiger partial charge in [0, 0.05) is 0 Å². The number of ether oxygens (including phenoxy) is 1. The van der Waals surface area contributed by atoms with Crippen LogP contribution in [0, 0.1) is 6.08 Å². The average molecular weight is 420 g/mol. The highest BCUT2D eigenvalue weighted by atomic mass is 32.1. The van der Waals surface area contributed by atoms with E-state index in [0.717, 1.165) is 0 Å². The van der Waals surface area contributed by atoms with Crippen LogP contribution in [0.2, 0.25) is 0 Å². The minimum absolute atomic E-state index is 0.0323. The molecule has 0 bridgehead atoms. The van der Waals surface area contributed by atoms with E-state index < -0.39 is 49.2 Å². The molecule has 2 aromatic heterocycles. The van der Waals surface area contributed by atoms with Crippen LogP contribution in [0.1, 0.15) is 12.6 Å². The lowest BCUT2D eigenvalue weighted by Gasteiger charge is -2.16. The molecule has 0 aliphatic carbocycles. The molecule has 0 amide bonds. The SMILES string of the molecule is N[C@@H](CCS)C(=O)O.Nc1nc(F)nc2c1ncn2[C@@H]1O[C@H](CO)[C@@H](O)[C@H]1O. The maximum atomic E-state index is 13.2. The van der Waals surface area contributed by atoms with Gasteiger partial charge in [-0.1, -0.05) is 0 Å². The summed E-state index contributed by atoms with van der Waals surface area (Å²) in [4.78, 5) is 20.8.